The molecule has 2 heterocycles. The predicted octanol–water partition coefficient (Wildman–Crippen LogP) is 4.67. The Morgan fingerprint density at radius 2 is 1.44 bits per heavy atom. The molecule has 1 fully saturated rings. The van der Waals surface area contributed by atoms with Gasteiger partial charge in [-0.15, -0.1) is 0 Å². The van der Waals surface area contributed by atoms with Crippen LogP contribution >= 0.6 is 0 Å². The molecule has 0 amide bonds. The Bertz CT molecular complexity index is 1020. The van der Waals surface area contributed by atoms with Crippen LogP contribution in [0.1, 0.15) is 16.7 Å². The number of piperazine rings is 1. The van der Waals surface area contributed by atoms with E-state index in [1.807, 2.05) is 59.5 Å². The van der Waals surface area contributed by atoms with Crippen molar-refractivity contribution in [1.29, 1.82) is 0 Å². The molecule has 1 saturated heterocycles. The second-order valence-corrected chi connectivity index (χ2v) is 7.42. The van der Waals surface area contributed by atoms with Crippen LogP contribution in [-0.2, 0) is 19.4 Å². The zero-order valence-electron chi connectivity index (χ0n) is 17.4. The Balaban J connectivity index is 1.52. The van der Waals surface area contributed by atoms with Gasteiger partial charge in [0.1, 0.15) is 30.3 Å². The molecule has 0 atom stereocenters. The van der Waals surface area contributed by atoms with Crippen LogP contribution in [0.2, 0.25) is 0 Å². The van der Waals surface area contributed by atoms with E-state index in [2.05, 4.69) is 10.3 Å². The Hall–Kier alpha value is -3.26. The fourth-order valence-corrected chi connectivity index (χ4v) is 3.49. The summed E-state index contributed by atoms with van der Waals surface area (Å²) in [5.74, 6) is 0.787. The van der Waals surface area contributed by atoms with E-state index in [0.29, 0.717) is 24.7 Å². The quantitative estimate of drug-likeness (QED) is 0.575. The van der Waals surface area contributed by atoms with Gasteiger partial charge < -0.3 is 19.7 Å². The molecular weight excluding hydrogens is 419 g/mol. The number of para-hydroxylation sites is 1. The molecule has 4 rings (SSSR count). The minimum absolute atomic E-state index is 0.0462. The summed E-state index contributed by atoms with van der Waals surface area (Å²) >= 11 is 0. The maximum Gasteiger partial charge on any atom is 0.421 e. The van der Waals surface area contributed by atoms with E-state index in [-0.39, 0.29) is 13.2 Å². The van der Waals surface area contributed by atoms with Crippen LogP contribution in [0.15, 0.2) is 66.7 Å². The van der Waals surface area contributed by atoms with Crippen LogP contribution in [0.3, 0.4) is 0 Å². The fourth-order valence-electron chi connectivity index (χ4n) is 3.49. The Kier molecular flexibility index (Phi) is 6.80. The first-order valence-electron chi connectivity index (χ1n) is 10.4. The third kappa shape index (κ3) is 5.50. The van der Waals surface area contributed by atoms with E-state index in [1.165, 1.54) is 6.07 Å². The number of alkyl halides is 3. The number of ether oxygens (including phenoxy) is 2. The van der Waals surface area contributed by atoms with Crippen LogP contribution in [-0.4, -0.2) is 31.2 Å². The molecule has 0 aliphatic carbocycles. The number of benzene rings is 2. The number of hydrogen-bond donors (Lipinski definition) is 1. The highest BCUT2D eigenvalue weighted by molar-refractivity contribution is 5.45. The lowest BCUT2D eigenvalue weighted by Crippen LogP contribution is -2.43. The van der Waals surface area contributed by atoms with E-state index in [9.17, 15) is 13.2 Å². The maximum absolute atomic E-state index is 13.6. The minimum atomic E-state index is -4.56. The zero-order chi connectivity index (χ0) is 22.4. The van der Waals surface area contributed by atoms with Gasteiger partial charge in [0.05, 0.1) is 0 Å². The zero-order valence-corrected chi connectivity index (χ0v) is 17.4. The number of hydrogen-bond acceptors (Lipinski definition) is 5. The molecule has 0 unspecified atom stereocenters. The number of anilines is 1. The lowest BCUT2D eigenvalue weighted by molar-refractivity contribution is -0.139. The second-order valence-electron chi connectivity index (χ2n) is 7.42. The van der Waals surface area contributed by atoms with Crippen molar-refractivity contribution in [2.45, 2.75) is 19.4 Å². The van der Waals surface area contributed by atoms with Crippen molar-refractivity contribution in [3.05, 3.63) is 83.4 Å². The van der Waals surface area contributed by atoms with Crippen LogP contribution in [0, 0.1) is 0 Å². The summed E-state index contributed by atoms with van der Waals surface area (Å²) in [4.78, 5) is 6.18. The van der Waals surface area contributed by atoms with Crippen LogP contribution < -0.4 is 19.7 Å². The average Bonchev–Trinajstić information content (AvgIpc) is 2.82. The van der Waals surface area contributed by atoms with E-state index in [1.54, 1.807) is 0 Å². The molecule has 0 saturated carbocycles. The van der Waals surface area contributed by atoms with Gasteiger partial charge >= 0.3 is 6.18 Å². The smallest absolute Gasteiger partial charge is 0.421 e. The number of nitrogens with one attached hydrogen (secondary N) is 1. The summed E-state index contributed by atoms with van der Waals surface area (Å²) in [6, 6.07) is 19.2. The highest BCUT2D eigenvalue weighted by Gasteiger charge is 2.36. The first-order chi connectivity index (χ1) is 15.5. The van der Waals surface area contributed by atoms with Gasteiger partial charge in [-0.2, -0.15) is 18.2 Å². The molecule has 0 spiro atoms. The van der Waals surface area contributed by atoms with Crippen molar-refractivity contribution >= 4 is 5.82 Å². The number of rotatable bonds is 7. The second kappa shape index (κ2) is 9.91. The number of pyridine rings is 1. The standard InChI is InChI=1S/C24H24F3N3O2/c25-24(26,27)21-10-11-22(30-14-12-28-13-15-30)29-23(21)32-17-19-7-5-4-6-18(19)16-31-20-8-2-1-3-9-20/h1-11,28H,12-17H2. The van der Waals surface area contributed by atoms with E-state index >= 15 is 0 Å². The Morgan fingerprint density at radius 1 is 0.812 bits per heavy atom. The minimum Gasteiger partial charge on any atom is -0.489 e. The van der Waals surface area contributed by atoms with Crippen molar-refractivity contribution in [1.82, 2.24) is 10.3 Å². The van der Waals surface area contributed by atoms with Gasteiger partial charge in [0.2, 0.25) is 5.88 Å². The molecule has 8 heteroatoms. The molecule has 2 aromatic carbocycles. The van der Waals surface area contributed by atoms with E-state index < -0.39 is 17.6 Å². The first-order valence-corrected chi connectivity index (χ1v) is 10.4. The normalized spacial score (nSPS) is 14.3. The van der Waals surface area contributed by atoms with Crippen LogP contribution in [0.5, 0.6) is 11.6 Å². The summed E-state index contributed by atoms with van der Waals surface area (Å²) in [6.45, 7) is 3.11. The molecule has 3 aromatic rings. The van der Waals surface area contributed by atoms with E-state index in [4.69, 9.17) is 9.47 Å². The topological polar surface area (TPSA) is 46.6 Å². The van der Waals surface area contributed by atoms with Crippen molar-refractivity contribution < 1.29 is 22.6 Å². The molecule has 1 aromatic heterocycles. The maximum atomic E-state index is 13.6. The molecule has 168 valence electrons. The van der Waals surface area contributed by atoms with E-state index in [0.717, 1.165) is 30.3 Å². The molecular formula is C24H24F3N3O2. The molecule has 1 N–H and O–H groups in total. The average molecular weight is 443 g/mol. The summed E-state index contributed by atoms with van der Waals surface area (Å²) in [6.07, 6.45) is -4.56. The monoisotopic (exact) mass is 443 g/mol. The highest BCUT2D eigenvalue weighted by Crippen LogP contribution is 2.37. The Labute approximate surface area is 184 Å². The van der Waals surface area contributed by atoms with Crippen LogP contribution in [0.4, 0.5) is 19.0 Å². The third-order valence-corrected chi connectivity index (χ3v) is 5.21. The number of aromatic nitrogens is 1. The Morgan fingerprint density at radius 3 is 2.09 bits per heavy atom. The van der Waals surface area contributed by atoms with Gasteiger partial charge in [0.15, 0.2) is 0 Å². The lowest BCUT2D eigenvalue weighted by atomic mass is 10.1. The molecule has 5 nitrogen and oxygen atoms in total. The molecule has 32 heavy (non-hydrogen) atoms. The lowest BCUT2D eigenvalue weighted by Gasteiger charge is -2.29. The summed E-state index contributed by atoms with van der Waals surface area (Å²) in [5.41, 5.74) is 0.698. The van der Waals surface area contributed by atoms with Crippen molar-refractivity contribution in [3.8, 4) is 11.6 Å². The van der Waals surface area contributed by atoms with Gasteiger partial charge in [-0.3, -0.25) is 0 Å². The summed E-state index contributed by atoms with van der Waals surface area (Å²) in [5, 5.41) is 3.22. The molecule has 0 bridgehead atoms. The molecule has 0 radical (unpaired) electrons. The SMILES string of the molecule is FC(F)(F)c1ccc(N2CCNCC2)nc1OCc1ccccc1COc1ccccc1. The van der Waals surface area contributed by atoms with Crippen molar-refractivity contribution in [2.24, 2.45) is 0 Å². The van der Waals surface area contributed by atoms with Crippen LogP contribution in [0.25, 0.3) is 0 Å². The largest absolute Gasteiger partial charge is 0.489 e. The van der Waals surface area contributed by atoms with Gasteiger partial charge in [-0.25, -0.2) is 0 Å². The highest BCUT2D eigenvalue weighted by atomic mass is 19.4. The fraction of sp³-hybridized carbons (Fsp3) is 0.292. The van der Waals surface area contributed by atoms with Crippen molar-refractivity contribution in [3.63, 3.8) is 0 Å². The molecule has 1 aliphatic heterocycles. The predicted molar refractivity (Wildman–Crippen MR) is 116 cm³/mol. The first kappa shape index (κ1) is 22.0. The van der Waals surface area contributed by atoms with Crippen molar-refractivity contribution in [2.75, 3.05) is 31.1 Å². The van der Waals surface area contributed by atoms with Gasteiger partial charge in [-0.05, 0) is 35.4 Å². The summed E-state index contributed by atoms with van der Waals surface area (Å²) in [7, 11) is 0. The van der Waals surface area contributed by atoms with Gasteiger partial charge in [0, 0.05) is 26.2 Å². The third-order valence-electron chi connectivity index (χ3n) is 5.21. The molecule has 1 aliphatic rings. The van der Waals surface area contributed by atoms with Gasteiger partial charge in [-0.1, -0.05) is 42.5 Å². The summed E-state index contributed by atoms with van der Waals surface area (Å²) < 4.78 is 52.2. The van der Waals surface area contributed by atoms with Gasteiger partial charge in [0.25, 0.3) is 0 Å². The number of nitrogens with zero attached hydrogens (tertiary/aromatic N) is 2. The number of halogens is 3.